The number of amides is 1. The highest BCUT2D eigenvalue weighted by atomic mass is 19.1. The zero-order valence-electron chi connectivity index (χ0n) is 19.2. The van der Waals surface area contributed by atoms with Gasteiger partial charge in [-0.25, -0.2) is 4.39 Å². The van der Waals surface area contributed by atoms with Crippen LogP contribution in [0.5, 0.6) is 5.75 Å². The number of aliphatic hydroxyl groups is 1. The summed E-state index contributed by atoms with van der Waals surface area (Å²) in [4.78, 5) is 28.9. The predicted molar refractivity (Wildman–Crippen MR) is 123 cm³/mol. The summed E-state index contributed by atoms with van der Waals surface area (Å²) < 4.78 is 25.8. The van der Waals surface area contributed by atoms with Crippen molar-refractivity contribution < 1.29 is 28.3 Å². The lowest BCUT2D eigenvalue weighted by Crippen LogP contribution is -2.40. The third-order valence-corrected chi connectivity index (χ3v) is 6.46. The topological polar surface area (TPSA) is 115 Å². The van der Waals surface area contributed by atoms with Crippen LogP contribution in [0.15, 0.2) is 47.0 Å². The molecule has 2 fully saturated rings. The van der Waals surface area contributed by atoms with Crippen molar-refractivity contribution in [1.29, 1.82) is 0 Å². The van der Waals surface area contributed by atoms with Gasteiger partial charge in [-0.15, -0.1) is 0 Å². The lowest BCUT2D eigenvalue weighted by atomic mass is 10.1. The molecule has 0 spiro atoms. The summed E-state index contributed by atoms with van der Waals surface area (Å²) in [5.41, 5.74) is 0.910. The number of ketones is 1. The summed E-state index contributed by atoms with van der Waals surface area (Å²) in [6.45, 7) is 1.74. The first kappa shape index (κ1) is 23.2. The van der Waals surface area contributed by atoms with Crippen LogP contribution in [0.2, 0.25) is 0 Å². The van der Waals surface area contributed by atoms with Crippen LogP contribution in [0.25, 0.3) is 11.4 Å². The molecule has 0 bridgehead atoms. The molecular formula is C26H26FN3O5. The molecule has 2 saturated carbocycles. The first-order valence-corrected chi connectivity index (χ1v) is 11.8. The Kier molecular flexibility index (Phi) is 6.34. The van der Waals surface area contributed by atoms with Gasteiger partial charge in [0.2, 0.25) is 5.82 Å². The van der Waals surface area contributed by atoms with Gasteiger partial charge < -0.3 is 19.7 Å². The zero-order valence-corrected chi connectivity index (χ0v) is 19.2. The highest BCUT2D eigenvalue weighted by Crippen LogP contribution is 2.33. The molecule has 1 aromatic heterocycles. The molecule has 2 aliphatic carbocycles. The van der Waals surface area contributed by atoms with E-state index < -0.39 is 23.9 Å². The number of carbonyl (C=O) groups is 2. The van der Waals surface area contributed by atoms with Crippen molar-refractivity contribution in [3.8, 4) is 17.1 Å². The number of benzene rings is 2. The first-order valence-electron chi connectivity index (χ1n) is 11.8. The minimum atomic E-state index is -0.719. The van der Waals surface area contributed by atoms with Crippen LogP contribution in [0.4, 0.5) is 4.39 Å². The first-order chi connectivity index (χ1) is 16.9. The maximum absolute atomic E-state index is 14.7. The number of nitrogens with zero attached hydrogens (tertiary/aromatic N) is 2. The minimum Gasteiger partial charge on any atom is -0.481 e. The molecule has 2 aromatic carbocycles. The number of nitrogens with one attached hydrogen (secondary N) is 1. The third kappa shape index (κ3) is 5.09. The molecule has 8 nitrogen and oxygen atoms in total. The molecule has 0 unspecified atom stereocenters. The van der Waals surface area contributed by atoms with Gasteiger partial charge in [-0.3, -0.25) is 9.59 Å². The zero-order chi connectivity index (χ0) is 24.5. The van der Waals surface area contributed by atoms with Crippen LogP contribution in [0.3, 0.4) is 0 Å². The fraction of sp³-hybridized carbons (Fsp3) is 0.385. The standard InChI is InChI=1S/C26H26FN3O5/c1-14(34-18-10-7-16(8-11-18)23(32)15-5-6-15)26-29-24(30-35-26)17-9-12-19(20(27)13-17)25(33)28-21-3-2-4-22(21)31/h7-15,21-22,31H,2-6H2,1H3,(H,28,33)/t14-,21+,22+/m1/s1. The van der Waals surface area contributed by atoms with Crippen molar-refractivity contribution in [3.05, 3.63) is 65.3 Å². The molecule has 2 aliphatic rings. The maximum Gasteiger partial charge on any atom is 0.267 e. The van der Waals surface area contributed by atoms with Crippen molar-refractivity contribution in [3.63, 3.8) is 0 Å². The number of rotatable bonds is 8. The Morgan fingerprint density at radius 2 is 1.91 bits per heavy atom. The smallest absolute Gasteiger partial charge is 0.267 e. The Hall–Kier alpha value is -3.59. The Labute approximate surface area is 201 Å². The Bertz CT molecular complexity index is 1240. The van der Waals surface area contributed by atoms with E-state index in [0.717, 1.165) is 19.3 Å². The highest BCUT2D eigenvalue weighted by Gasteiger charge is 2.30. The van der Waals surface area contributed by atoms with Gasteiger partial charge in [-0.1, -0.05) is 11.2 Å². The lowest BCUT2D eigenvalue weighted by Gasteiger charge is -2.16. The van der Waals surface area contributed by atoms with E-state index in [9.17, 15) is 19.1 Å². The second-order valence-corrected chi connectivity index (χ2v) is 9.15. The van der Waals surface area contributed by atoms with Crippen molar-refractivity contribution >= 4 is 11.7 Å². The second-order valence-electron chi connectivity index (χ2n) is 9.15. The van der Waals surface area contributed by atoms with Gasteiger partial charge >= 0.3 is 0 Å². The number of aliphatic hydroxyl groups excluding tert-OH is 1. The van der Waals surface area contributed by atoms with E-state index in [1.807, 2.05) is 0 Å². The van der Waals surface area contributed by atoms with Crippen molar-refractivity contribution in [2.45, 2.75) is 57.3 Å². The fourth-order valence-corrected chi connectivity index (χ4v) is 4.24. The highest BCUT2D eigenvalue weighted by molar-refractivity contribution is 5.99. The summed E-state index contributed by atoms with van der Waals surface area (Å²) in [6.07, 6.45) is 2.85. The normalized spacial score (nSPS) is 20.4. The molecule has 0 radical (unpaired) electrons. The van der Waals surface area contributed by atoms with E-state index in [-0.39, 0.29) is 35.0 Å². The number of aromatic nitrogens is 2. The van der Waals surface area contributed by atoms with Crippen LogP contribution in [0.1, 0.15) is 71.7 Å². The van der Waals surface area contributed by atoms with Crippen molar-refractivity contribution in [2.24, 2.45) is 5.92 Å². The van der Waals surface area contributed by atoms with E-state index in [2.05, 4.69) is 15.5 Å². The van der Waals surface area contributed by atoms with Gasteiger partial charge in [0.15, 0.2) is 11.9 Å². The van der Waals surface area contributed by atoms with Crippen LogP contribution in [0, 0.1) is 11.7 Å². The van der Waals surface area contributed by atoms with Gasteiger partial charge in [0.25, 0.3) is 11.8 Å². The molecule has 2 N–H and O–H groups in total. The summed E-state index contributed by atoms with van der Waals surface area (Å²) >= 11 is 0. The lowest BCUT2D eigenvalue weighted by molar-refractivity contribution is 0.0869. The molecule has 35 heavy (non-hydrogen) atoms. The van der Waals surface area contributed by atoms with Crippen LogP contribution < -0.4 is 10.1 Å². The largest absolute Gasteiger partial charge is 0.481 e. The molecule has 1 amide bonds. The average molecular weight is 480 g/mol. The molecule has 9 heteroatoms. The fourth-order valence-electron chi connectivity index (χ4n) is 4.24. The minimum absolute atomic E-state index is 0.114. The molecule has 0 saturated heterocycles. The molecule has 182 valence electrons. The number of Topliss-reactive ketones (excluding diaryl/α,β-unsaturated/α-hetero) is 1. The van der Waals surface area contributed by atoms with Gasteiger partial charge in [0, 0.05) is 17.0 Å². The third-order valence-electron chi connectivity index (χ3n) is 6.46. The number of carbonyl (C=O) groups excluding carboxylic acids is 2. The van der Waals surface area contributed by atoms with Gasteiger partial charge in [-0.05, 0) is 75.4 Å². The van der Waals surface area contributed by atoms with Crippen LogP contribution >= 0.6 is 0 Å². The molecule has 1 heterocycles. The Balaban J connectivity index is 1.23. The van der Waals surface area contributed by atoms with E-state index >= 15 is 0 Å². The van der Waals surface area contributed by atoms with Gasteiger partial charge in [0.1, 0.15) is 11.6 Å². The predicted octanol–water partition coefficient (Wildman–Crippen LogP) is 4.25. The van der Waals surface area contributed by atoms with E-state index in [1.54, 1.807) is 37.3 Å². The van der Waals surface area contributed by atoms with Crippen LogP contribution in [-0.4, -0.2) is 39.1 Å². The number of ether oxygens (including phenoxy) is 1. The monoisotopic (exact) mass is 479 g/mol. The summed E-state index contributed by atoms with van der Waals surface area (Å²) in [5, 5.41) is 16.5. The summed E-state index contributed by atoms with van der Waals surface area (Å²) in [7, 11) is 0. The molecule has 5 rings (SSSR count). The SMILES string of the molecule is C[C@@H](Oc1ccc(C(=O)C2CC2)cc1)c1nc(-c2ccc(C(=O)N[C@H]3CCC[C@@H]3O)c(F)c2)no1. The number of hydrogen-bond acceptors (Lipinski definition) is 7. The van der Waals surface area contributed by atoms with E-state index in [4.69, 9.17) is 9.26 Å². The van der Waals surface area contributed by atoms with Crippen molar-refractivity contribution in [1.82, 2.24) is 15.5 Å². The van der Waals surface area contributed by atoms with Gasteiger partial charge in [-0.2, -0.15) is 4.98 Å². The van der Waals surface area contributed by atoms with Gasteiger partial charge in [0.05, 0.1) is 17.7 Å². The Morgan fingerprint density at radius 1 is 1.14 bits per heavy atom. The van der Waals surface area contributed by atoms with Crippen molar-refractivity contribution in [2.75, 3.05) is 0 Å². The molecule has 3 aromatic rings. The summed E-state index contributed by atoms with van der Waals surface area (Å²) in [6, 6.07) is 10.7. The van der Waals surface area contributed by atoms with E-state index in [1.165, 1.54) is 12.1 Å². The second kappa shape index (κ2) is 9.58. The van der Waals surface area contributed by atoms with E-state index in [0.29, 0.717) is 29.7 Å². The quantitative estimate of drug-likeness (QED) is 0.464. The number of hydrogen-bond donors (Lipinski definition) is 2. The maximum atomic E-state index is 14.7. The average Bonchev–Trinajstić information content (AvgIpc) is 3.44. The number of halogens is 1. The Morgan fingerprint density at radius 3 is 2.57 bits per heavy atom. The molecule has 0 aliphatic heterocycles. The summed E-state index contributed by atoms with van der Waals surface area (Å²) in [5.74, 6) is -0.0412. The molecule has 3 atom stereocenters. The molecular weight excluding hydrogens is 453 g/mol. The van der Waals surface area contributed by atoms with Crippen LogP contribution in [-0.2, 0) is 0 Å².